The molecule has 0 aliphatic rings. The summed E-state index contributed by atoms with van der Waals surface area (Å²) in [4.78, 5) is 24.4. The van der Waals surface area contributed by atoms with Crippen LogP contribution in [0.2, 0.25) is 5.02 Å². The lowest BCUT2D eigenvalue weighted by Gasteiger charge is -2.07. The summed E-state index contributed by atoms with van der Waals surface area (Å²) in [6.45, 7) is 1.71. The van der Waals surface area contributed by atoms with Crippen molar-refractivity contribution in [2.75, 3.05) is 14.2 Å². The minimum absolute atomic E-state index is 0.248. The fraction of sp³-hybridized carbons (Fsp3) is 0.222. The Kier molecular flexibility index (Phi) is 4.93. The smallest absolute Gasteiger partial charge is 0.307 e. The molecule has 0 unspecified atom stereocenters. The van der Waals surface area contributed by atoms with Crippen LogP contribution in [0, 0.1) is 6.92 Å². The van der Waals surface area contributed by atoms with Crippen molar-refractivity contribution < 1.29 is 24.2 Å². The van der Waals surface area contributed by atoms with Gasteiger partial charge in [-0.15, -0.1) is 11.3 Å². The van der Waals surface area contributed by atoms with E-state index in [1.165, 1.54) is 30.1 Å². The van der Waals surface area contributed by atoms with Crippen molar-refractivity contribution in [2.24, 2.45) is 0 Å². The van der Waals surface area contributed by atoms with Gasteiger partial charge in [0.1, 0.15) is 5.75 Å². The number of thiophene rings is 1. The van der Waals surface area contributed by atoms with Gasteiger partial charge in [0.05, 0.1) is 36.7 Å². The van der Waals surface area contributed by atoms with Gasteiger partial charge in [-0.05, 0) is 24.6 Å². The zero-order chi connectivity index (χ0) is 19.0. The first kappa shape index (κ1) is 18.3. The molecule has 0 fully saturated rings. The molecule has 0 saturated heterocycles. The summed E-state index contributed by atoms with van der Waals surface area (Å²) in [6, 6.07) is 5.02. The number of methoxy groups -OCH3 is 2. The fourth-order valence-corrected chi connectivity index (χ4v) is 4.02. The second-order valence-electron chi connectivity index (χ2n) is 5.61. The number of aromatic nitrogens is 1. The predicted molar refractivity (Wildman–Crippen MR) is 100 cm³/mol. The van der Waals surface area contributed by atoms with Crippen LogP contribution in [-0.4, -0.2) is 35.8 Å². The van der Waals surface area contributed by atoms with Crippen LogP contribution in [0.25, 0.3) is 10.9 Å². The molecule has 8 heteroatoms. The number of fused-ring (bicyclic) bond motifs is 1. The van der Waals surface area contributed by atoms with Crippen molar-refractivity contribution >= 4 is 45.7 Å². The van der Waals surface area contributed by atoms with Gasteiger partial charge in [-0.3, -0.25) is 14.2 Å². The summed E-state index contributed by atoms with van der Waals surface area (Å²) in [6.07, 6.45) is -0.248. The van der Waals surface area contributed by atoms with Crippen LogP contribution in [0.5, 0.6) is 10.8 Å². The van der Waals surface area contributed by atoms with Crippen LogP contribution in [-0.2, 0) is 11.2 Å². The van der Waals surface area contributed by atoms with Crippen molar-refractivity contribution in [1.82, 2.24) is 4.57 Å². The first-order chi connectivity index (χ1) is 12.4. The third-order valence-corrected chi connectivity index (χ3v) is 5.44. The molecular weight excluding hydrogens is 378 g/mol. The van der Waals surface area contributed by atoms with Crippen molar-refractivity contribution in [3.05, 3.63) is 45.4 Å². The zero-order valence-corrected chi connectivity index (χ0v) is 15.9. The van der Waals surface area contributed by atoms with Crippen LogP contribution in [0.15, 0.2) is 23.6 Å². The average Bonchev–Trinajstić information content (AvgIpc) is 3.18. The molecule has 1 N–H and O–H groups in total. The molecule has 0 aliphatic carbocycles. The standard InChI is InChI=1S/C18H16ClNO5S/c1-9-11(7-14(21)22)16-12(4-5-13(24-2)17(16)19)20(9)18(23)10-6-15(25-3)26-8-10/h4-6,8H,7H2,1-3H3,(H,21,22). The van der Waals surface area contributed by atoms with E-state index in [9.17, 15) is 14.7 Å². The van der Waals surface area contributed by atoms with Gasteiger partial charge < -0.3 is 14.6 Å². The molecule has 0 bridgehead atoms. The van der Waals surface area contributed by atoms with Gasteiger partial charge in [-0.2, -0.15) is 0 Å². The lowest BCUT2D eigenvalue weighted by molar-refractivity contribution is -0.136. The van der Waals surface area contributed by atoms with Crippen molar-refractivity contribution in [2.45, 2.75) is 13.3 Å². The van der Waals surface area contributed by atoms with Crippen LogP contribution < -0.4 is 9.47 Å². The zero-order valence-electron chi connectivity index (χ0n) is 14.3. The Labute approximate surface area is 158 Å². The summed E-state index contributed by atoms with van der Waals surface area (Å²) >= 11 is 7.75. The molecule has 3 aromatic rings. The number of carbonyl (C=O) groups is 2. The number of aliphatic carboxylic acids is 1. The third kappa shape index (κ3) is 2.93. The molecule has 26 heavy (non-hydrogen) atoms. The number of nitrogens with zero attached hydrogens (tertiary/aromatic N) is 1. The molecule has 0 radical (unpaired) electrons. The fourth-order valence-electron chi connectivity index (χ4n) is 2.97. The molecule has 136 valence electrons. The molecule has 0 spiro atoms. The minimum Gasteiger partial charge on any atom is -0.495 e. The second kappa shape index (κ2) is 7.01. The average molecular weight is 394 g/mol. The number of carboxylic acid groups (broad SMARTS) is 1. The molecule has 0 atom stereocenters. The van der Waals surface area contributed by atoms with Crippen molar-refractivity contribution in [1.29, 1.82) is 0 Å². The quantitative estimate of drug-likeness (QED) is 0.708. The van der Waals surface area contributed by atoms with Gasteiger partial charge in [0.25, 0.3) is 5.91 Å². The van der Waals surface area contributed by atoms with E-state index in [4.69, 9.17) is 21.1 Å². The van der Waals surface area contributed by atoms with E-state index in [-0.39, 0.29) is 12.3 Å². The van der Waals surface area contributed by atoms with Crippen molar-refractivity contribution in [3.63, 3.8) is 0 Å². The number of rotatable bonds is 5. The molecule has 3 rings (SSSR count). The number of hydrogen-bond acceptors (Lipinski definition) is 5. The summed E-state index contributed by atoms with van der Waals surface area (Å²) in [5.74, 6) is -0.854. The number of halogens is 1. The third-order valence-electron chi connectivity index (χ3n) is 4.17. The predicted octanol–water partition coefficient (Wildman–Crippen LogP) is 4.00. The Morgan fingerprint density at radius 3 is 2.58 bits per heavy atom. The number of carbonyl (C=O) groups excluding carboxylic acids is 1. The highest BCUT2D eigenvalue weighted by molar-refractivity contribution is 7.12. The molecule has 6 nitrogen and oxygen atoms in total. The van der Waals surface area contributed by atoms with Gasteiger partial charge in [0, 0.05) is 22.5 Å². The lowest BCUT2D eigenvalue weighted by Crippen LogP contribution is -2.13. The maximum absolute atomic E-state index is 13.1. The van der Waals surface area contributed by atoms with E-state index in [1.807, 2.05) is 0 Å². The molecule has 2 heterocycles. The minimum atomic E-state index is -1.00. The van der Waals surface area contributed by atoms with E-state index in [2.05, 4.69) is 0 Å². The Hall–Kier alpha value is -2.51. The molecular formula is C18H16ClNO5S. The van der Waals surface area contributed by atoms with E-state index in [0.29, 0.717) is 43.6 Å². The Balaban J connectivity index is 2.28. The highest BCUT2D eigenvalue weighted by atomic mass is 35.5. The maximum Gasteiger partial charge on any atom is 0.307 e. The van der Waals surface area contributed by atoms with E-state index in [0.717, 1.165) is 0 Å². The monoisotopic (exact) mass is 393 g/mol. The molecule has 0 aliphatic heterocycles. The van der Waals surface area contributed by atoms with E-state index >= 15 is 0 Å². The SMILES string of the molecule is COc1cc(C(=O)n2c(C)c(CC(=O)O)c3c(Cl)c(OC)ccc32)cs1. The number of carboxylic acids is 1. The van der Waals surface area contributed by atoms with Crippen LogP contribution in [0.4, 0.5) is 0 Å². The topological polar surface area (TPSA) is 77.8 Å². The number of benzene rings is 1. The highest BCUT2D eigenvalue weighted by Gasteiger charge is 2.25. The molecule has 1 aromatic carbocycles. The van der Waals surface area contributed by atoms with E-state index < -0.39 is 5.97 Å². The molecule has 0 saturated carbocycles. The largest absolute Gasteiger partial charge is 0.495 e. The second-order valence-corrected chi connectivity index (χ2v) is 6.86. The van der Waals surface area contributed by atoms with Crippen LogP contribution >= 0.6 is 22.9 Å². The van der Waals surface area contributed by atoms with Gasteiger partial charge in [0.15, 0.2) is 5.06 Å². The highest BCUT2D eigenvalue weighted by Crippen LogP contribution is 2.38. The summed E-state index contributed by atoms with van der Waals surface area (Å²) < 4.78 is 11.9. The van der Waals surface area contributed by atoms with Gasteiger partial charge in [0.2, 0.25) is 0 Å². The Morgan fingerprint density at radius 2 is 2.00 bits per heavy atom. The first-order valence-electron chi connectivity index (χ1n) is 7.64. The molecule has 2 aromatic heterocycles. The van der Waals surface area contributed by atoms with Gasteiger partial charge in [-0.1, -0.05) is 11.6 Å². The number of ether oxygens (including phenoxy) is 2. The Bertz CT molecular complexity index is 1020. The Morgan fingerprint density at radius 1 is 1.27 bits per heavy atom. The summed E-state index contributed by atoms with van der Waals surface area (Å²) in [7, 11) is 3.02. The first-order valence-corrected chi connectivity index (χ1v) is 8.90. The summed E-state index contributed by atoms with van der Waals surface area (Å²) in [5.41, 5.74) is 2.03. The van der Waals surface area contributed by atoms with Crippen LogP contribution in [0.3, 0.4) is 0 Å². The van der Waals surface area contributed by atoms with Crippen LogP contribution in [0.1, 0.15) is 21.6 Å². The number of hydrogen-bond donors (Lipinski definition) is 1. The van der Waals surface area contributed by atoms with Gasteiger partial charge >= 0.3 is 5.97 Å². The molecule has 0 amide bonds. The summed E-state index contributed by atoms with van der Waals surface area (Å²) in [5, 5.41) is 12.4. The van der Waals surface area contributed by atoms with Crippen molar-refractivity contribution in [3.8, 4) is 10.8 Å². The van der Waals surface area contributed by atoms with Gasteiger partial charge in [-0.25, -0.2) is 0 Å². The van der Waals surface area contributed by atoms with E-state index in [1.54, 1.807) is 30.5 Å². The normalized spacial score (nSPS) is 10.9. The maximum atomic E-state index is 13.1. The lowest BCUT2D eigenvalue weighted by atomic mass is 10.1.